The Morgan fingerprint density at radius 1 is 1.05 bits per heavy atom. The first-order chi connectivity index (χ1) is 9.75. The van der Waals surface area contributed by atoms with E-state index >= 15 is 0 Å². The molecule has 0 N–H and O–H groups in total. The van der Waals surface area contributed by atoms with E-state index in [4.69, 9.17) is 4.74 Å². The molecule has 0 aliphatic heterocycles. The van der Waals surface area contributed by atoms with Gasteiger partial charge in [-0.1, -0.05) is 67.6 Å². The summed E-state index contributed by atoms with van der Waals surface area (Å²) in [6.45, 7) is 2.44. The Labute approximate surface area is 119 Å². The molecule has 0 heterocycles. The number of hydrogen-bond acceptors (Lipinski definition) is 2. The van der Waals surface area contributed by atoms with E-state index in [-0.39, 0.29) is 11.9 Å². The van der Waals surface area contributed by atoms with Crippen LogP contribution in [0.2, 0.25) is 0 Å². The Bertz CT molecular complexity index is 558. The molecule has 0 radical (unpaired) electrons. The SMILES string of the molecule is C[C@H](COC(=O)/C=C/c1ccccc1)c1ccccc1. The van der Waals surface area contributed by atoms with Gasteiger partial charge in [0.15, 0.2) is 0 Å². The van der Waals surface area contributed by atoms with Crippen LogP contribution < -0.4 is 0 Å². The van der Waals surface area contributed by atoms with Gasteiger partial charge in [-0.25, -0.2) is 4.79 Å². The fraction of sp³-hybridized carbons (Fsp3) is 0.167. The molecule has 0 unspecified atom stereocenters. The predicted octanol–water partition coefficient (Wildman–Crippen LogP) is 4.05. The monoisotopic (exact) mass is 266 g/mol. The Morgan fingerprint density at radius 3 is 2.30 bits per heavy atom. The number of carbonyl (C=O) groups excluding carboxylic acids is 1. The quantitative estimate of drug-likeness (QED) is 0.603. The van der Waals surface area contributed by atoms with Crippen LogP contribution in [0.15, 0.2) is 66.7 Å². The number of ether oxygens (including phenoxy) is 1. The van der Waals surface area contributed by atoms with Crippen molar-refractivity contribution in [2.24, 2.45) is 0 Å². The van der Waals surface area contributed by atoms with Crippen molar-refractivity contribution in [1.82, 2.24) is 0 Å². The fourth-order valence-electron chi connectivity index (χ4n) is 1.86. The molecule has 0 amide bonds. The average molecular weight is 266 g/mol. The summed E-state index contributed by atoms with van der Waals surface area (Å²) in [7, 11) is 0. The van der Waals surface area contributed by atoms with E-state index in [9.17, 15) is 4.79 Å². The summed E-state index contributed by atoms with van der Waals surface area (Å²) in [4.78, 5) is 11.6. The van der Waals surface area contributed by atoms with Crippen molar-refractivity contribution in [3.63, 3.8) is 0 Å². The summed E-state index contributed by atoms with van der Waals surface area (Å²) < 4.78 is 5.25. The normalized spacial score (nSPS) is 12.2. The molecule has 2 aromatic rings. The molecule has 2 heteroatoms. The zero-order valence-electron chi connectivity index (χ0n) is 11.5. The van der Waals surface area contributed by atoms with Crippen LogP contribution in [0.5, 0.6) is 0 Å². The van der Waals surface area contributed by atoms with E-state index in [0.29, 0.717) is 6.61 Å². The number of esters is 1. The van der Waals surface area contributed by atoms with Crippen LogP contribution in [0.25, 0.3) is 6.08 Å². The zero-order valence-corrected chi connectivity index (χ0v) is 11.5. The number of carbonyl (C=O) groups is 1. The minimum Gasteiger partial charge on any atom is -0.462 e. The van der Waals surface area contributed by atoms with Gasteiger partial charge < -0.3 is 4.74 Å². The minimum atomic E-state index is -0.309. The minimum absolute atomic E-state index is 0.199. The zero-order chi connectivity index (χ0) is 14.2. The highest BCUT2D eigenvalue weighted by Crippen LogP contribution is 2.14. The molecule has 0 aliphatic carbocycles. The van der Waals surface area contributed by atoms with Crippen molar-refractivity contribution in [3.8, 4) is 0 Å². The molecule has 0 aromatic heterocycles. The molecule has 102 valence electrons. The summed E-state index contributed by atoms with van der Waals surface area (Å²) in [5.41, 5.74) is 2.16. The van der Waals surface area contributed by atoms with Crippen molar-refractivity contribution < 1.29 is 9.53 Å². The Hall–Kier alpha value is -2.35. The lowest BCUT2D eigenvalue weighted by Crippen LogP contribution is -2.08. The molecular formula is C18H18O2. The van der Waals surface area contributed by atoms with Gasteiger partial charge in [-0.3, -0.25) is 0 Å². The summed E-state index contributed by atoms with van der Waals surface area (Å²) in [5.74, 6) is -0.109. The van der Waals surface area contributed by atoms with Gasteiger partial charge in [-0.05, 0) is 17.2 Å². The first-order valence-electron chi connectivity index (χ1n) is 6.70. The highest BCUT2D eigenvalue weighted by molar-refractivity contribution is 5.87. The van der Waals surface area contributed by atoms with E-state index in [2.05, 4.69) is 0 Å². The molecule has 0 saturated heterocycles. The van der Waals surface area contributed by atoms with Gasteiger partial charge in [0, 0.05) is 12.0 Å². The van der Waals surface area contributed by atoms with Crippen molar-refractivity contribution in [1.29, 1.82) is 0 Å². The maximum Gasteiger partial charge on any atom is 0.330 e. The topological polar surface area (TPSA) is 26.3 Å². The van der Waals surface area contributed by atoms with Crippen LogP contribution in [0.1, 0.15) is 24.0 Å². The first kappa shape index (κ1) is 14.1. The van der Waals surface area contributed by atoms with E-state index in [1.807, 2.05) is 67.6 Å². The molecule has 2 nitrogen and oxygen atoms in total. The molecule has 0 spiro atoms. The molecule has 0 fully saturated rings. The van der Waals surface area contributed by atoms with E-state index in [1.165, 1.54) is 11.6 Å². The molecule has 0 aliphatic rings. The van der Waals surface area contributed by atoms with Crippen LogP contribution in [0, 0.1) is 0 Å². The fourth-order valence-corrected chi connectivity index (χ4v) is 1.86. The number of hydrogen-bond donors (Lipinski definition) is 0. The Kier molecular flexibility index (Phi) is 5.13. The second-order valence-corrected chi connectivity index (χ2v) is 4.69. The van der Waals surface area contributed by atoms with Crippen LogP contribution in [-0.4, -0.2) is 12.6 Å². The lowest BCUT2D eigenvalue weighted by atomic mass is 10.0. The lowest BCUT2D eigenvalue weighted by molar-refractivity contribution is -0.138. The van der Waals surface area contributed by atoms with Crippen LogP contribution in [0.4, 0.5) is 0 Å². The predicted molar refractivity (Wildman–Crippen MR) is 81.3 cm³/mol. The number of rotatable bonds is 5. The summed E-state index contributed by atoms with van der Waals surface area (Å²) >= 11 is 0. The standard InChI is InChI=1S/C18H18O2/c1-15(17-10-6-3-7-11-17)14-20-18(19)13-12-16-8-4-2-5-9-16/h2-13,15H,14H2,1H3/b13-12+/t15-/m1/s1. The van der Waals surface area contributed by atoms with Crippen LogP contribution in [-0.2, 0) is 9.53 Å². The van der Waals surface area contributed by atoms with Crippen molar-refractivity contribution >= 4 is 12.0 Å². The summed E-state index contributed by atoms with van der Waals surface area (Å²) in [5, 5.41) is 0. The molecule has 0 saturated carbocycles. The third-order valence-corrected chi connectivity index (χ3v) is 3.06. The van der Waals surface area contributed by atoms with Gasteiger partial charge in [0.2, 0.25) is 0 Å². The second kappa shape index (κ2) is 7.29. The maximum atomic E-state index is 11.6. The first-order valence-corrected chi connectivity index (χ1v) is 6.70. The summed E-state index contributed by atoms with van der Waals surface area (Å²) in [6.07, 6.45) is 3.22. The molecule has 2 aromatic carbocycles. The third kappa shape index (κ3) is 4.39. The van der Waals surface area contributed by atoms with E-state index in [0.717, 1.165) is 5.56 Å². The second-order valence-electron chi connectivity index (χ2n) is 4.69. The smallest absolute Gasteiger partial charge is 0.330 e. The largest absolute Gasteiger partial charge is 0.462 e. The summed E-state index contributed by atoms with van der Waals surface area (Å²) in [6, 6.07) is 19.7. The Balaban J connectivity index is 1.82. The van der Waals surface area contributed by atoms with Crippen molar-refractivity contribution in [2.75, 3.05) is 6.61 Å². The van der Waals surface area contributed by atoms with Gasteiger partial charge in [0.1, 0.15) is 0 Å². The maximum absolute atomic E-state index is 11.6. The van der Waals surface area contributed by atoms with E-state index in [1.54, 1.807) is 6.08 Å². The van der Waals surface area contributed by atoms with Crippen LogP contribution >= 0.6 is 0 Å². The molecule has 2 rings (SSSR count). The van der Waals surface area contributed by atoms with E-state index < -0.39 is 0 Å². The molecule has 1 atom stereocenters. The molecular weight excluding hydrogens is 248 g/mol. The number of benzene rings is 2. The lowest BCUT2D eigenvalue weighted by Gasteiger charge is -2.11. The van der Waals surface area contributed by atoms with Gasteiger partial charge in [0.05, 0.1) is 6.61 Å². The molecule has 0 bridgehead atoms. The van der Waals surface area contributed by atoms with Crippen molar-refractivity contribution in [3.05, 3.63) is 77.9 Å². The van der Waals surface area contributed by atoms with Gasteiger partial charge >= 0.3 is 5.97 Å². The average Bonchev–Trinajstić information content (AvgIpc) is 2.52. The Morgan fingerprint density at radius 2 is 1.65 bits per heavy atom. The van der Waals surface area contributed by atoms with Crippen molar-refractivity contribution in [2.45, 2.75) is 12.8 Å². The van der Waals surface area contributed by atoms with Gasteiger partial charge in [0.25, 0.3) is 0 Å². The molecule has 20 heavy (non-hydrogen) atoms. The van der Waals surface area contributed by atoms with Gasteiger partial charge in [-0.15, -0.1) is 0 Å². The van der Waals surface area contributed by atoms with Crippen LogP contribution in [0.3, 0.4) is 0 Å². The van der Waals surface area contributed by atoms with Gasteiger partial charge in [-0.2, -0.15) is 0 Å². The highest BCUT2D eigenvalue weighted by Gasteiger charge is 2.07. The highest BCUT2D eigenvalue weighted by atomic mass is 16.5. The third-order valence-electron chi connectivity index (χ3n) is 3.06.